The smallest absolute Gasteiger partial charge is 0.321 e. The lowest BCUT2D eigenvalue weighted by Crippen LogP contribution is -2.50. The summed E-state index contributed by atoms with van der Waals surface area (Å²) in [5, 5.41) is 5.05. The van der Waals surface area contributed by atoms with Gasteiger partial charge in [-0.2, -0.15) is 0 Å². The van der Waals surface area contributed by atoms with E-state index in [9.17, 15) is 9.59 Å². The molecular formula is C13H25N3O2. The van der Waals surface area contributed by atoms with Gasteiger partial charge in [-0.05, 0) is 46.7 Å². The van der Waals surface area contributed by atoms with E-state index in [1.165, 1.54) is 12.8 Å². The zero-order valence-corrected chi connectivity index (χ0v) is 11.7. The van der Waals surface area contributed by atoms with E-state index in [4.69, 9.17) is 0 Å². The van der Waals surface area contributed by atoms with Gasteiger partial charge in [-0.15, -0.1) is 0 Å². The molecule has 1 heterocycles. The molecule has 18 heavy (non-hydrogen) atoms. The Balaban J connectivity index is 2.42. The van der Waals surface area contributed by atoms with Crippen molar-refractivity contribution >= 4 is 11.9 Å². The molecule has 0 aromatic heterocycles. The summed E-state index contributed by atoms with van der Waals surface area (Å²) in [6.07, 6.45) is 4.74. The minimum atomic E-state index is -0.406. The number of hydrogen-bond acceptors (Lipinski definition) is 3. The summed E-state index contributed by atoms with van der Waals surface area (Å²) in [7, 11) is 0. The summed E-state index contributed by atoms with van der Waals surface area (Å²) >= 11 is 0. The average molecular weight is 255 g/mol. The van der Waals surface area contributed by atoms with Gasteiger partial charge in [-0.25, -0.2) is 4.79 Å². The Bertz CT molecular complexity index is 284. The largest absolute Gasteiger partial charge is 0.336 e. The first-order valence-corrected chi connectivity index (χ1v) is 6.86. The highest BCUT2D eigenvalue weighted by molar-refractivity contribution is 5.96. The van der Waals surface area contributed by atoms with Crippen molar-refractivity contribution < 1.29 is 9.59 Å². The lowest BCUT2D eigenvalue weighted by molar-refractivity contribution is -0.124. The minimum absolute atomic E-state index is 0.0336. The van der Waals surface area contributed by atoms with Gasteiger partial charge in [0.2, 0.25) is 5.91 Å². The van der Waals surface area contributed by atoms with Crippen LogP contribution in [0.15, 0.2) is 0 Å². The number of nitrogens with one attached hydrogen (secondary N) is 2. The maximum Gasteiger partial charge on any atom is 0.321 e. The van der Waals surface area contributed by atoms with Crippen LogP contribution in [0, 0.1) is 0 Å². The van der Waals surface area contributed by atoms with E-state index >= 15 is 0 Å². The zero-order valence-electron chi connectivity index (χ0n) is 11.7. The molecule has 2 N–H and O–H groups in total. The number of amides is 3. The van der Waals surface area contributed by atoms with Crippen LogP contribution in [0.3, 0.4) is 0 Å². The van der Waals surface area contributed by atoms with E-state index in [2.05, 4.69) is 15.5 Å². The molecule has 0 bridgehead atoms. The molecule has 0 aromatic carbocycles. The molecule has 1 fully saturated rings. The Morgan fingerprint density at radius 1 is 1.00 bits per heavy atom. The Labute approximate surface area is 109 Å². The third-order valence-electron chi connectivity index (χ3n) is 3.22. The summed E-state index contributed by atoms with van der Waals surface area (Å²) in [4.78, 5) is 25.5. The maximum atomic E-state index is 11.9. The van der Waals surface area contributed by atoms with Gasteiger partial charge in [0.15, 0.2) is 0 Å². The van der Waals surface area contributed by atoms with Gasteiger partial charge < -0.3 is 5.32 Å². The van der Waals surface area contributed by atoms with Gasteiger partial charge in [0.1, 0.15) is 0 Å². The third kappa shape index (κ3) is 5.04. The summed E-state index contributed by atoms with van der Waals surface area (Å²) in [6.45, 7) is 7.48. The molecule has 5 nitrogen and oxygen atoms in total. The van der Waals surface area contributed by atoms with Crippen molar-refractivity contribution in [2.45, 2.75) is 58.5 Å². The Morgan fingerprint density at radius 3 is 2.06 bits per heavy atom. The minimum Gasteiger partial charge on any atom is -0.336 e. The number of imide groups is 1. The highest BCUT2D eigenvalue weighted by atomic mass is 16.2. The molecular weight excluding hydrogens is 230 g/mol. The molecule has 3 amide bonds. The van der Waals surface area contributed by atoms with Gasteiger partial charge in [0.05, 0.1) is 6.04 Å². The molecule has 1 atom stereocenters. The number of nitrogens with zero attached hydrogens (tertiary/aromatic N) is 1. The SMILES string of the molecule is CC(C)NC(=O)NC(=O)[C@@H](C)N1CCCCCC1. The van der Waals surface area contributed by atoms with E-state index in [-0.39, 0.29) is 18.0 Å². The molecule has 0 saturated carbocycles. The summed E-state index contributed by atoms with van der Waals surface area (Å²) in [5.74, 6) is -0.213. The van der Waals surface area contributed by atoms with Crippen molar-refractivity contribution in [2.75, 3.05) is 13.1 Å². The highest BCUT2D eigenvalue weighted by Crippen LogP contribution is 2.12. The molecule has 104 valence electrons. The standard InChI is InChI=1S/C13H25N3O2/c1-10(2)14-13(18)15-12(17)11(3)16-8-6-4-5-7-9-16/h10-11H,4-9H2,1-3H3,(H2,14,15,17,18)/t11-/m1/s1. The van der Waals surface area contributed by atoms with Crippen LogP contribution in [0.25, 0.3) is 0 Å². The molecule has 1 aliphatic heterocycles. The van der Waals surface area contributed by atoms with Crippen molar-refractivity contribution in [3.05, 3.63) is 0 Å². The first kappa shape index (κ1) is 15.0. The molecule has 0 radical (unpaired) electrons. The summed E-state index contributed by atoms with van der Waals surface area (Å²) in [5.41, 5.74) is 0. The summed E-state index contributed by atoms with van der Waals surface area (Å²) in [6, 6.07) is -0.607. The fraction of sp³-hybridized carbons (Fsp3) is 0.846. The van der Waals surface area contributed by atoms with Crippen LogP contribution in [-0.4, -0.2) is 42.0 Å². The Hall–Kier alpha value is -1.10. The van der Waals surface area contributed by atoms with Crippen LogP contribution < -0.4 is 10.6 Å². The number of urea groups is 1. The van der Waals surface area contributed by atoms with Crippen LogP contribution in [0.1, 0.15) is 46.5 Å². The van der Waals surface area contributed by atoms with Crippen molar-refractivity contribution in [3.63, 3.8) is 0 Å². The lowest BCUT2D eigenvalue weighted by Gasteiger charge is -2.26. The number of carbonyl (C=O) groups excluding carboxylic acids is 2. The van der Waals surface area contributed by atoms with Gasteiger partial charge >= 0.3 is 6.03 Å². The molecule has 1 aliphatic rings. The molecule has 0 unspecified atom stereocenters. The topological polar surface area (TPSA) is 61.4 Å². The van der Waals surface area contributed by atoms with Crippen molar-refractivity contribution in [3.8, 4) is 0 Å². The van der Waals surface area contributed by atoms with Gasteiger partial charge in [0.25, 0.3) is 0 Å². The predicted molar refractivity (Wildman–Crippen MR) is 71.3 cm³/mol. The second kappa shape index (κ2) is 7.36. The fourth-order valence-electron chi connectivity index (χ4n) is 2.16. The molecule has 0 spiro atoms. The molecule has 1 rings (SSSR count). The van der Waals surface area contributed by atoms with E-state index < -0.39 is 6.03 Å². The number of hydrogen-bond donors (Lipinski definition) is 2. The van der Waals surface area contributed by atoms with Crippen LogP contribution in [0.2, 0.25) is 0 Å². The van der Waals surface area contributed by atoms with Crippen molar-refractivity contribution in [2.24, 2.45) is 0 Å². The van der Waals surface area contributed by atoms with Crippen LogP contribution in [-0.2, 0) is 4.79 Å². The lowest BCUT2D eigenvalue weighted by atomic mass is 10.2. The predicted octanol–water partition coefficient (Wildman–Crippen LogP) is 1.49. The van der Waals surface area contributed by atoms with E-state index in [1.807, 2.05) is 20.8 Å². The second-order valence-electron chi connectivity index (χ2n) is 5.24. The van der Waals surface area contributed by atoms with Gasteiger partial charge in [-0.1, -0.05) is 12.8 Å². The monoisotopic (exact) mass is 255 g/mol. The Kier molecular flexibility index (Phi) is 6.12. The fourth-order valence-corrected chi connectivity index (χ4v) is 2.16. The van der Waals surface area contributed by atoms with Gasteiger partial charge in [0, 0.05) is 6.04 Å². The third-order valence-corrected chi connectivity index (χ3v) is 3.22. The number of rotatable bonds is 3. The zero-order chi connectivity index (χ0) is 13.5. The van der Waals surface area contributed by atoms with Gasteiger partial charge in [-0.3, -0.25) is 15.0 Å². The van der Waals surface area contributed by atoms with Crippen LogP contribution in [0.4, 0.5) is 4.79 Å². The van der Waals surface area contributed by atoms with Crippen molar-refractivity contribution in [1.82, 2.24) is 15.5 Å². The normalized spacial score (nSPS) is 19.1. The molecule has 5 heteroatoms. The number of carbonyl (C=O) groups is 2. The Morgan fingerprint density at radius 2 is 1.56 bits per heavy atom. The summed E-state index contributed by atoms with van der Waals surface area (Å²) < 4.78 is 0. The van der Waals surface area contributed by atoms with Crippen molar-refractivity contribution in [1.29, 1.82) is 0 Å². The van der Waals surface area contributed by atoms with E-state index in [0.29, 0.717) is 0 Å². The quantitative estimate of drug-likeness (QED) is 0.803. The first-order chi connectivity index (χ1) is 8.50. The second-order valence-corrected chi connectivity index (χ2v) is 5.24. The first-order valence-electron chi connectivity index (χ1n) is 6.86. The average Bonchev–Trinajstić information content (AvgIpc) is 2.55. The highest BCUT2D eigenvalue weighted by Gasteiger charge is 2.23. The number of likely N-dealkylation sites (tertiary alicyclic amines) is 1. The van der Waals surface area contributed by atoms with E-state index in [0.717, 1.165) is 25.9 Å². The van der Waals surface area contributed by atoms with Crippen LogP contribution >= 0.6 is 0 Å². The van der Waals surface area contributed by atoms with E-state index in [1.54, 1.807) is 0 Å². The molecule has 1 saturated heterocycles. The van der Waals surface area contributed by atoms with Crippen LogP contribution in [0.5, 0.6) is 0 Å². The maximum absolute atomic E-state index is 11.9. The molecule has 0 aliphatic carbocycles. The molecule has 0 aromatic rings.